The van der Waals surface area contributed by atoms with Gasteiger partial charge in [-0.3, -0.25) is 0 Å². The van der Waals surface area contributed by atoms with Crippen molar-refractivity contribution in [2.24, 2.45) is 14.1 Å². The normalized spacial score (nSPS) is 13.0. The van der Waals surface area contributed by atoms with Crippen LogP contribution >= 0.6 is 0 Å². The summed E-state index contributed by atoms with van der Waals surface area (Å²) in [5.74, 6) is 0.755. The molecule has 56 heavy (non-hydrogen) atoms. The van der Waals surface area contributed by atoms with Gasteiger partial charge < -0.3 is 28.3 Å². The van der Waals surface area contributed by atoms with Gasteiger partial charge in [0.1, 0.15) is 5.52 Å². The molecule has 11 heteroatoms. The molecule has 5 aromatic carbocycles. The van der Waals surface area contributed by atoms with E-state index in [0.29, 0.717) is 11.6 Å². The van der Waals surface area contributed by atoms with E-state index in [9.17, 15) is 0 Å². The number of aromatic nitrogens is 4. The predicted molar refractivity (Wildman–Crippen MR) is 223 cm³/mol. The van der Waals surface area contributed by atoms with Gasteiger partial charge in [-0.15, -0.1) is 6.07 Å². The number of hydrogen-bond donors (Lipinski definition) is 1. The fourth-order valence-electron chi connectivity index (χ4n) is 8.37. The third kappa shape index (κ3) is 5.08. The van der Waals surface area contributed by atoms with Gasteiger partial charge in [0.25, 0.3) is 0 Å². The largest absolute Gasteiger partial charge is 0.423 e. The average Bonchev–Trinajstić information content (AvgIpc) is 3.93. The maximum absolute atomic E-state index is 6.88. The summed E-state index contributed by atoms with van der Waals surface area (Å²) in [6.07, 6.45) is 4.26. The number of pyridine rings is 1. The third-order valence-electron chi connectivity index (χ3n) is 10.8. The molecule has 9 nitrogen and oxygen atoms in total. The first-order valence-electron chi connectivity index (χ1n) is 18.4. The Kier molecular flexibility index (Phi) is 7.98. The van der Waals surface area contributed by atoms with Crippen LogP contribution in [-0.2, 0) is 33.6 Å². The smallest absolute Gasteiger partial charge is 0.309 e. The molecule has 2 aliphatic heterocycles. The van der Waals surface area contributed by atoms with Gasteiger partial charge in [0.15, 0.2) is 17.0 Å². The molecule has 11 rings (SSSR count). The van der Waals surface area contributed by atoms with Gasteiger partial charge in [0, 0.05) is 44.6 Å². The van der Waals surface area contributed by atoms with Crippen LogP contribution < -0.4 is 34.6 Å². The van der Waals surface area contributed by atoms with Crippen molar-refractivity contribution in [1.29, 1.82) is 0 Å². The van der Waals surface area contributed by atoms with Crippen LogP contribution in [0.4, 0.5) is 51.6 Å². The molecular formula is C45H35N8OSiZn. The predicted octanol–water partition coefficient (Wildman–Crippen LogP) is 8.47. The van der Waals surface area contributed by atoms with Crippen molar-refractivity contribution < 1.29 is 28.5 Å². The summed E-state index contributed by atoms with van der Waals surface area (Å²) in [4.78, 5) is 15.2. The average molecular weight is 797 g/mol. The van der Waals surface area contributed by atoms with E-state index in [1.165, 1.54) is 10.4 Å². The van der Waals surface area contributed by atoms with E-state index in [4.69, 9.17) is 14.4 Å². The summed E-state index contributed by atoms with van der Waals surface area (Å²) in [5.41, 5.74) is 11.7. The summed E-state index contributed by atoms with van der Waals surface area (Å²) >= 11 is 0. The Bertz CT molecular complexity index is 2900. The second-order valence-electron chi connectivity index (χ2n) is 14.1. The molecular weight excluding hydrogens is 762 g/mol. The fourth-order valence-corrected chi connectivity index (χ4v) is 11.1. The zero-order valence-electron chi connectivity index (χ0n) is 31.2. The summed E-state index contributed by atoms with van der Waals surface area (Å²) in [6, 6.07) is 49.6. The van der Waals surface area contributed by atoms with Gasteiger partial charge in [-0.1, -0.05) is 95.9 Å². The quantitative estimate of drug-likeness (QED) is 0.107. The summed E-state index contributed by atoms with van der Waals surface area (Å²) in [6.45, 7) is 0. The number of nitrogens with one attached hydrogen (secondary N) is 1. The number of oxazole rings is 1. The van der Waals surface area contributed by atoms with E-state index in [0.717, 1.165) is 73.4 Å². The maximum Gasteiger partial charge on any atom is 0.309 e. The Morgan fingerprint density at radius 1 is 0.696 bits per heavy atom. The topological polar surface area (TPSA) is 69.5 Å². The first kappa shape index (κ1) is 34.1. The molecule has 0 atom stereocenters. The number of anilines is 9. The van der Waals surface area contributed by atoms with Crippen LogP contribution in [0.1, 0.15) is 0 Å². The zero-order chi connectivity index (χ0) is 36.8. The van der Waals surface area contributed by atoms with Gasteiger partial charge in [-0.2, -0.15) is 4.98 Å². The molecule has 0 amide bonds. The number of aryl methyl sites for hydroxylation is 2. The second-order valence-corrected chi connectivity index (χ2v) is 16.4. The van der Waals surface area contributed by atoms with Gasteiger partial charge in [0.05, 0.1) is 53.9 Å². The molecule has 0 unspecified atom stereocenters. The zero-order valence-corrected chi connectivity index (χ0v) is 35.1. The van der Waals surface area contributed by atoms with Crippen molar-refractivity contribution in [3.63, 3.8) is 0 Å². The van der Waals surface area contributed by atoms with E-state index >= 15 is 0 Å². The molecule has 267 valence electrons. The monoisotopic (exact) mass is 795 g/mol. The summed E-state index contributed by atoms with van der Waals surface area (Å²) in [5, 5.41) is 7.45. The number of nitrogens with zero attached hydrogens (tertiary/aromatic N) is 7. The van der Waals surface area contributed by atoms with Crippen molar-refractivity contribution in [3.8, 4) is 11.3 Å². The van der Waals surface area contributed by atoms with Crippen LogP contribution in [0.15, 0.2) is 156 Å². The van der Waals surface area contributed by atoms with E-state index in [1.54, 1.807) is 0 Å². The van der Waals surface area contributed by atoms with E-state index < -0.39 is 8.96 Å². The molecule has 1 radical (unpaired) electrons. The Balaban J connectivity index is 0.00000384. The van der Waals surface area contributed by atoms with Gasteiger partial charge in [0.2, 0.25) is 8.96 Å². The minimum Gasteiger partial charge on any atom is -0.423 e. The molecule has 9 aromatic rings. The van der Waals surface area contributed by atoms with Crippen molar-refractivity contribution in [2.75, 3.05) is 26.7 Å². The molecule has 0 aliphatic carbocycles. The molecule has 0 bridgehead atoms. The van der Waals surface area contributed by atoms with Crippen molar-refractivity contribution in [1.82, 2.24) is 14.5 Å². The number of rotatable bonds is 5. The molecule has 1 N–H and O–H groups in total. The van der Waals surface area contributed by atoms with Crippen LogP contribution in [0.3, 0.4) is 0 Å². The van der Waals surface area contributed by atoms with Crippen molar-refractivity contribution >= 4 is 93.1 Å². The Hall–Kier alpha value is -6.42. The second kappa shape index (κ2) is 13.1. The Labute approximate surface area is 338 Å². The molecule has 4 aromatic heterocycles. The molecule has 2 aliphatic rings. The standard InChI is InChI=1S/C45H35N8OSi.Zn/c1-49-27-26-31-32(28-50(2)44(31)49)33-22-24-39-43(47-33)52(38-21-13-12-20-37(38)51(39)3)45-48-41-40(54-45)25-23-35-42(41)53(36-19-11-10-18-34(36)46-35)55(29-14-6-4-7-15-29)30-16-8-5-9-17-30;/h4-28,46H,1-3H3;. The van der Waals surface area contributed by atoms with Crippen LogP contribution in [0.5, 0.6) is 0 Å². The minimum absolute atomic E-state index is 0. The van der Waals surface area contributed by atoms with E-state index in [2.05, 4.69) is 196 Å². The minimum atomic E-state index is -1.61. The number of hydrogen-bond acceptors (Lipinski definition) is 7. The summed E-state index contributed by atoms with van der Waals surface area (Å²) < 4.78 is 13.7. The van der Waals surface area contributed by atoms with Gasteiger partial charge >= 0.3 is 6.01 Å². The number of benzene rings is 5. The molecule has 0 saturated heterocycles. The first-order chi connectivity index (χ1) is 27.0. The molecule has 6 heterocycles. The van der Waals surface area contributed by atoms with E-state index in [-0.39, 0.29) is 19.5 Å². The molecule has 0 spiro atoms. The van der Waals surface area contributed by atoms with Crippen molar-refractivity contribution in [3.05, 3.63) is 152 Å². The van der Waals surface area contributed by atoms with Gasteiger partial charge in [-0.05, 0) is 58.9 Å². The fraction of sp³-hybridized carbons (Fsp3) is 0.0667. The number of para-hydroxylation sites is 4. The van der Waals surface area contributed by atoms with Crippen LogP contribution in [0.2, 0.25) is 0 Å². The Morgan fingerprint density at radius 3 is 2.12 bits per heavy atom. The summed E-state index contributed by atoms with van der Waals surface area (Å²) in [7, 11) is 4.64. The third-order valence-corrected chi connectivity index (χ3v) is 13.5. The van der Waals surface area contributed by atoms with Crippen LogP contribution in [0.25, 0.3) is 33.4 Å². The van der Waals surface area contributed by atoms with E-state index in [1.807, 2.05) is 6.07 Å². The van der Waals surface area contributed by atoms with Gasteiger partial charge in [-0.25, -0.2) is 9.88 Å². The Morgan fingerprint density at radius 2 is 1.38 bits per heavy atom. The van der Waals surface area contributed by atoms with Crippen molar-refractivity contribution in [2.45, 2.75) is 0 Å². The van der Waals surface area contributed by atoms with Crippen LogP contribution in [0, 0.1) is 0 Å². The van der Waals surface area contributed by atoms with Crippen LogP contribution in [-0.4, -0.2) is 30.5 Å². The SMILES string of the molecule is CN1c2ccccc2N(c2nc3c4c(ccc3o2)Nc2ccccc2N4[Si](c2ccccc2)c2ccccc2)c2nc(-c3cn(C)c4c3[cH-]c[n+]4C)ccc21.[Zn]. The molecule has 0 fully saturated rings. The number of fused-ring (bicyclic) bond motifs is 7. The maximum atomic E-state index is 6.88. The first-order valence-corrected chi connectivity index (χ1v) is 19.8. The molecule has 0 saturated carbocycles.